The number of unbranched alkanes of at least 4 members (excludes halogenated alkanes) is 48. The molecule has 0 saturated carbocycles. The molecule has 2 unspecified atom stereocenters. The minimum absolute atomic E-state index is 0.0125. The molecule has 0 aliphatic carbocycles. The molecule has 0 rings (SSSR count). The highest BCUT2D eigenvalue weighted by atomic mass is 16.5. The number of ether oxygens (including phenoxy) is 1. The molecule has 2 atom stereocenters. The molecule has 426 valence electrons. The van der Waals surface area contributed by atoms with Gasteiger partial charge in [-0.3, -0.25) is 9.59 Å². The van der Waals surface area contributed by atoms with E-state index in [4.69, 9.17) is 4.74 Å². The minimum Gasteiger partial charge on any atom is -0.466 e. The molecule has 0 aromatic rings. The Morgan fingerprint density at radius 3 is 0.986 bits per heavy atom. The van der Waals surface area contributed by atoms with Gasteiger partial charge in [-0.05, 0) is 57.8 Å². The summed E-state index contributed by atoms with van der Waals surface area (Å²) in [6, 6.07) is -0.626. The number of aliphatic hydroxyl groups is 2. The summed E-state index contributed by atoms with van der Waals surface area (Å²) in [5.41, 5.74) is 0. The van der Waals surface area contributed by atoms with Gasteiger partial charge in [0.2, 0.25) is 5.91 Å². The summed E-state index contributed by atoms with van der Waals surface area (Å²) in [6.07, 6.45) is 76.6. The summed E-state index contributed by atoms with van der Waals surface area (Å²) < 4.78 is 5.50. The van der Waals surface area contributed by atoms with Crippen LogP contribution in [0, 0.1) is 0 Å². The summed E-state index contributed by atoms with van der Waals surface area (Å²) in [7, 11) is 0. The van der Waals surface area contributed by atoms with Gasteiger partial charge in [0, 0.05) is 12.8 Å². The highest BCUT2D eigenvalue weighted by Gasteiger charge is 2.18. The van der Waals surface area contributed by atoms with Crippen LogP contribution < -0.4 is 5.32 Å². The van der Waals surface area contributed by atoms with Crippen LogP contribution in [0.25, 0.3) is 0 Å². The van der Waals surface area contributed by atoms with Crippen molar-refractivity contribution in [1.82, 2.24) is 5.32 Å². The van der Waals surface area contributed by atoms with E-state index in [9.17, 15) is 19.8 Å². The van der Waals surface area contributed by atoms with Crippen LogP contribution in [-0.2, 0) is 14.3 Å². The molecule has 0 fully saturated rings. The SMILES string of the molecule is CCCCCCCCC/C=C\CCCCCCCCCC(=O)OCCCCCCCCCCCCCCCCCCCCCCCCCCC(=O)NC(CO)C(O)/C=C/CCCCCCCCCCCCC. The fourth-order valence-corrected chi connectivity index (χ4v) is 10.2. The molecule has 0 radical (unpaired) electrons. The average Bonchev–Trinajstić information content (AvgIpc) is 3.38. The summed E-state index contributed by atoms with van der Waals surface area (Å²) >= 11 is 0. The molecule has 0 aromatic carbocycles. The molecule has 6 nitrogen and oxygen atoms in total. The number of esters is 1. The number of rotatable bonds is 61. The fraction of sp³-hybridized carbons (Fsp3) is 0.909. The van der Waals surface area contributed by atoms with E-state index in [-0.39, 0.29) is 18.5 Å². The van der Waals surface area contributed by atoms with E-state index < -0.39 is 12.1 Å². The number of amides is 1. The second-order valence-electron chi connectivity index (χ2n) is 22.5. The van der Waals surface area contributed by atoms with E-state index in [1.807, 2.05) is 6.08 Å². The first kappa shape index (κ1) is 70.3. The van der Waals surface area contributed by atoms with Crippen molar-refractivity contribution in [2.75, 3.05) is 13.2 Å². The van der Waals surface area contributed by atoms with Gasteiger partial charge < -0.3 is 20.3 Å². The number of nitrogens with one attached hydrogen (secondary N) is 1. The third-order valence-electron chi connectivity index (χ3n) is 15.2. The summed E-state index contributed by atoms with van der Waals surface area (Å²) in [5, 5.41) is 23.1. The van der Waals surface area contributed by atoms with Crippen molar-refractivity contribution in [3.05, 3.63) is 24.3 Å². The van der Waals surface area contributed by atoms with Crippen molar-refractivity contribution in [2.45, 2.75) is 373 Å². The molecule has 0 spiro atoms. The molecule has 0 aliphatic heterocycles. The third kappa shape index (κ3) is 57.6. The standard InChI is InChI=1S/C66H127NO5/c1-3-5-7-9-11-13-15-17-18-19-29-32-36-40-44-48-52-56-60-66(71)72-61-57-53-49-45-41-37-33-30-27-25-23-21-20-22-24-26-28-31-35-39-43-47-51-55-59-65(70)67-63(62-68)64(69)58-54-50-46-42-38-34-16-14-12-10-8-6-4-2/h18-19,54,58,63-64,68-69H,3-17,20-53,55-57,59-62H2,1-2H3,(H,67,70)/b19-18-,58-54+. The lowest BCUT2D eigenvalue weighted by molar-refractivity contribution is -0.143. The van der Waals surface area contributed by atoms with Crippen molar-refractivity contribution in [2.24, 2.45) is 0 Å². The van der Waals surface area contributed by atoms with Gasteiger partial charge >= 0.3 is 5.97 Å². The maximum atomic E-state index is 12.5. The van der Waals surface area contributed by atoms with Crippen molar-refractivity contribution < 1.29 is 24.5 Å². The molecular weight excluding hydrogens is 887 g/mol. The molecule has 0 aromatic heterocycles. The number of hydrogen-bond donors (Lipinski definition) is 3. The Morgan fingerprint density at radius 2 is 0.653 bits per heavy atom. The van der Waals surface area contributed by atoms with Crippen LogP contribution in [0.2, 0.25) is 0 Å². The van der Waals surface area contributed by atoms with Crippen molar-refractivity contribution in [3.8, 4) is 0 Å². The first-order chi connectivity index (χ1) is 35.5. The smallest absolute Gasteiger partial charge is 0.305 e. The van der Waals surface area contributed by atoms with Crippen molar-refractivity contribution >= 4 is 11.9 Å². The second-order valence-corrected chi connectivity index (χ2v) is 22.5. The van der Waals surface area contributed by atoms with Crippen LogP contribution in [0.5, 0.6) is 0 Å². The van der Waals surface area contributed by atoms with E-state index in [1.54, 1.807) is 6.08 Å². The molecule has 1 amide bonds. The summed E-state index contributed by atoms with van der Waals surface area (Å²) in [6.45, 7) is 4.92. The average molecular weight is 1010 g/mol. The molecule has 0 bridgehead atoms. The van der Waals surface area contributed by atoms with E-state index in [0.717, 1.165) is 44.9 Å². The number of carbonyl (C=O) groups is 2. The number of carbonyl (C=O) groups excluding carboxylic acids is 2. The monoisotopic (exact) mass is 1010 g/mol. The maximum Gasteiger partial charge on any atom is 0.305 e. The first-order valence-electron chi connectivity index (χ1n) is 32.6. The van der Waals surface area contributed by atoms with E-state index in [0.29, 0.717) is 19.4 Å². The molecule has 0 aliphatic rings. The second kappa shape index (κ2) is 61.9. The zero-order valence-electron chi connectivity index (χ0n) is 48.7. The van der Waals surface area contributed by atoms with Gasteiger partial charge in [0.25, 0.3) is 0 Å². The van der Waals surface area contributed by atoms with Crippen LogP contribution in [0.4, 0.5) is 0 Å². The Bertz CT molecular complexity index is 1120. The van der Waals surface area contributed by atoms with E-state index >= 15 is 0 Å². The molecule has 0 saturated heterocycles. The highest BCUT2D eigenvalue weighted by molar-refractivity contribution is 5.76. The predicted octanol–water partition coefficient (Wildman–Crippen LogP) is 20.6. The molecule has 0 heterocycles. The first-order valence-corrected chi connectivity index (χ1v) is 32.6. The Hall–Kier alpha value is -1.66. The lowest BCUT2D eigenvalue weighted by Crippen LogP contribution is -2.45. The lowest BCUT2D eigenvalue weighted by Gasteiger charge is -2.20. The molecule has 6 heteroatoms. The molecule has 72 heavy (non-hydrogen) atoms. The zero-order valence-corrected chi connectivity index (χ0v) is 48.7. The maximum absolute atomic E-state index is 12.5. The molecule has 3 N–H and O–H groups in total. The summed E-state index contributed by atoms with van der Waals surface area (Å²) in [5.74, 6) is -0.0532. The normalized spacial score (nSPS) is 12.7. The Labute approximate surface area is 450 Å². The van der Waals surface area contributed by atoms with Gasteiger partial charge in [0.1, 0.15) is 0 Å². The van der Waals surface area contributed by atoms with Crippen LogP contribution >= 0.6 is 0 Å². The number of hydrogen-bond acceptors (Lipinski definition) is 5. The molecular formula is C66H127NO5. The topological polar surface area (TPSA) is 95.9 Å². The predicted molar refractivity (Wildman–Crippen MR) is 315 cm³/mol. The van der Waals surface area contributed by atoms with Crippen molar-refractivity contribution in [3.63, 3.8) is 0 Å². The van der Waals surface area contributed by atoms with Crippen LogP contribution in [0.1, 0.15) is 361 Å². The third-order valence-corrected chi connectivity index (χ3v) is 15.2. The van der Waals surface area contributed by atoms with Crippen LogP contribution in [0.15, 0.2) is 24.3 Å². The van der Waals surface area contributed by atoms with E-state index in [2.05, 4.69) is 31.3 Å². The lowest BCUT2D eigenvalue weighted by atomic mass is 10.0. The van der Waals surface area contributed by atoms with Gasteiger partial charge in [-0.2, -0.15) is 0 Å². The van der Waals surface area contributed by atoms with E-state index in [1.165, 1.54) is 289 Å². The van der Waals surface area contributed by atoms with Gasteiger partial charge in [-0.1, -0.05) is 314 Å². The van der Waals surface area contributed by atoms with Gasteiger partial charge in [0.05, 0.1) is 25.4 Å². The fourth-order valence-electron chi connectivity index (χ4n) is 10.2. The van der Waals surface area contributed by atoms with Gasteiger partial charge in [-0.25, -0.2) is 0 Å². The highest BCUT2D eigenvalue weighted by Crippen LogP contribution is 2.18. The Balaban J connectivity index is 3.36. The quantitative estimate of drug-likeness (QED) is 0.0320. The largest absolute Gasteiger partial charge is 0.466 e. The zero-order chi connectivity index (χ0) is 52.2. The Kier molecular flexibility index (Phi) is 60.5. The van der Waals surface area contributed by atoms with Gasteiger partial charge in [0.15, 0.2) is 0 Å². The van der Waals surface area contributed by atoms with Gasteiger partial charge in [-0.15, -0.1) is 0 Å². The van der Waals surface area contributed by atoms with Crippen LogP contribution in [0.3, 0.4) is 0 Å². The minimum atomic E-state index is -0.842. The number of allylic oxidation sites excluding steroid dienone is 3. The van der Waals surface area contributed by atoms with Crippen molar-refractivity contribution in [1.29, 1.82) is 0 Å². The summed E-state index contributed by atoms with van der Waals surface area (Å²) in [4.78, 5) is 24.5. The van der Waals surface area contributed by atoms with Crippen LogP contribution in [-0.4, -0.2) is 47.4 Å². The number of aliphatic hydroxyl groups excluding tert-OH is 2. The Morgan fingerprint density at radius 1 is 0.375 bits per heavy atom.